The van der Waals surface area contributed by atoms with Crippen molar-refractivity contribution in [2.24, 2.45) is 0 Å². The summed E-state index contributed by atoms with van der Waals surface area (Å²) in [5, 5.41) is 0. The first-order valence-corrected chi connectivity index (χ1v) is 19.1. The molecule has 0 aliphatic carbocycles. The summed E-state index contributed by atoms with van der Waals surface area (Å²) in [6.45, 7) is 6.31. The molecule has 0 unspecified atom stereocenters. The van der Waals surface area contributed by atoms with Crippen molar-refractivity contribution in [2.75, 3.05) is 40.4 Å². The van der Waals surface area contributed by atoms with E-state index in [9.17, 15) is 19.2 Å². The summed E-state index contributed by atoms with van der Waals surface area (Å²) in [5.74, 6) is 0.335. The molecule has 0 saturated heterocycles. The lowest BCUT2D eigenvalue weighted by Crippen LogP contribution is -2.27. The second-order valence-electron chi connectivity index (χ2n) is 13.0. The summed E-state index contributed by atoms with van der Waals surface area (Å²) in [6.07, 6.45) is 27.0. The number of rotatable bonds is 33. The molecular weight excluding hydrogens is 580 g/mol. The van der Waals surface area contributed by atoms with E-state index >= 15 is 0 Å². The fourth-order valence-electron chi connectivity index (χ4n) is 5.71. The molecule has 0 aliphatic heterocycles. The molecule has 2 amide bonds. The third-order valence-corrected chi connectivity index (χ3v) is 8.74. The number of nitrogens with zero attached hydrogens (tertiary/aromatic N) is 2. The molecule has 0 atom stereocenters. The maximum absolute atomic E-state index is 12.4. The van der Waals surface area contributed by atoms with Crippen LogP contribution in [-0.4, -0.2) is 74.0 Å². The van der Waals surface area contributed by atoms with Crippen molar-refractivity contribution in [1.82, 2.24) is 9.80 Å². The highest BCUT2D eigenvalue weighted by Crippen LogP contribution is 2.14. The van der Waals surface area contributed by atoms with Crippen LogP contribution in [0.1, 0.15) is 181 Å². The summed E-state index contributed by atoms with van der Waals surface area (Å²) >= 11 is 0. The monoisotopic (exact) mass is 653 g/mol. The van der Waals surface area contributed by atoms with Crippen LogP contribution >= 0.6 is 0 Å². The largest absolute Gasteiger partial charge is 0.466 e. The first kappa shape index (κ1) is 43.9. The van der Waals surface area contributed by atoms with Gasteiger partial charge in [0.05, 0.1) is 13.2 Å². The van der Waals surface area contributed by atoms with Gasteiger partial charge in [0, 0.05) is 52.9 Å². The zero-order valence-electron chi connectivity index (χ0n) is 30.6. The minimum Gasteiger partial charge on any atom is -0.466 e. The van der Waals surface area contributed by atoms with Gasteiger partial charge in [0.1, 0.15) is 0 Å². The van der Waals surface area contributed by atoms with Crippen LogP contribution in [0.4, 0.5) is 0 Å². The van der Waals surface area contributed by atoms with E-state index in [2.05, 4.69) is 0 Å². The van der Waals surface area contributed by atoms with E-state index in [1.54, 1.807) is 0 Å². The smallest absolute Gasteiger partial charge is 0.305 e. The quantitative estimate of drug-likeness (QED) is 0.0518. The van der Waals surface area contributed by atoms with Gasteiger partial charge in [-0.3, -0.25) is 19.2 Å². The Labute approximate surface area is 283 Å². The molecule has 0 bridgehead atoms. The summed E-state index contributed by atoms with van der Waals surface area (Å²) in [5.41, 5.74) is 0. The fraction of sp³-hybridized carbons (Fsp3) is 0.895. The molecule has 0 radical (unpaired) electrons. The molecule has 0 aliphatic rings. The predicted molar refractivity (Wildman–Crippen MR) is 189 cm³/mol. The predicted octanol–water partition coefficient (Wildman–Crippen LogP) is 9.17. The molecule has 0 N–H and O–H groups in total. The van der Waals surface area contributed by atoms with E-state index in [1.165, 1.54) is 77.0 Å². The maximum atomic E-state index is 12.4. The first-order valence-electron chi connectivity index (χ1n) is 19.1. The van der Waals surface area contributed by atoms with Gasteiger partial charge in [-0.15, -0.1) is 0 Å². The van der Waals surface area contributed by atoms with Crippen LogP contribution in [0.25, 0.3) is 0 Å². The highest BCUT2D eigenvalue weighted by molar-refractivity contribution is 5.76. The van der Waals surface area contributed by atoms with Crippen LogP contribution in [0.15, 0.2) is 0 Å². The lowest BCUT2D eigenvalue weighted by molar-refractivity contribution is -0.144. The van der Waals surface area contributed by atoms with Crippen LogP contribution in [0, 0.1) is 0 Å². The zero-order chi connectivity index (χ0) is 34.1. The van der Waals surface area contributed by atoms with Gasteiger partial charge in [0.2, 0.25) is 11.8 Å². The van der Waals surface area contributed by atoms with Gasteiger partial charge >= 0.3 is 11.9 Å². The van der Waals surface area contributed by atoms with E-state index in [4.69, 9.17) is 9.47 Å². The molecule has 270 valence electrons. The summed E-state index contributed by atoms with van der Waals surface area (Å²) < 4.78 is 9.91. The lowest BCUT2D eigenvalue weighted by atomic mass is 10.1. The lowest BCUT2D eigenvalue weighted by Gasteiger charge is -2.17. The van der Waals surface area contributed by atoms with Crippen molar-refractivity contribution in [3.8, 4) is 0 Å². The Morgan fingerprint density at radius 1 is 0.370 bits per heavy atom. The van der Waals surface area contributed by atoms with Gasteiger partial charge in [-0.1, -0.05) is 103 Å². The molecule has 0 aromatic heterocycles. The highest BCUT2D eigenvalue weighted by atomic mass is 16.5. The number of amides is 2. The highest BCUT2D eigenvalue weighted by Gasteiger charge is 2.10. The minimum absolute atomic E-state index is 0.0730. The molecule has 0 saturated carbocycles. The average molecular weight is 653 g/mol. The molecule has 0 fully saturated rings. The Kier molecular flexibility index (Phi) is 31.3. The second kappa shape index (κ2) is 32.8. The van der Waals surface area contributed by atoms with E-state index in [0.29, 0.717) is 38.9 Å². The van der Waals surface area contributed by atoms with Crippen molar-refractivity contribution in [3.05, 3.63) is 0 Å². The Hall–Kier alpha value is -2.12. The van der Waals surface area contributed by atoms with Gasteiger partial charge in [0.25, 0.3) is 0 Å². The Morgan fingerprint density at radius 2 is 0.609 bits per heavy atom. The van der Waals surface area contributed by atoms with Crippen molar-refractivity contribution >= 4 is 23.8 Å². The average Bonchev–Trinajstić information content (AvgIpc) is 3.03. The Balaban J connectivity index is 3.52. The number of esters is 2. The number of ether oxygens (including phenoxy) is 2. The summed E-state index contributed by atoms with van der Waals surface area (Å²) in [7, 11) is 3.84. The van der Waals surface area contributed by atoms with E-state index in [1.807, 2.05) is 37.7 Å². The molecule has 0 aromatic carbocycles. The van der Waals surface area contributed by atoms with Gasteiger partial charge in [-0.2, -0.15) is 0 Å². The van der Waals surface area contributed by atoms with Crippen molar-refractivity contribution in [1.29, 1.82) is 0 Å². The molecule has 8 nitrogen and oxygen atoms in total. The van der Waals surface area contributed by atoms with E-state index < -0.39 is 0 Å². The van der Waals surface area contributed by atoms with Crippen LogP contribution in [0.5, 0.6) is 0 Å². The topological polar surface area (TPSA) is 93.2 Å². The van der Waals surface area contributed by atoms with Gasteiger partial charge in [0.15, 0.2) is 0 Å². The minimum atomic E-state index is -0.0730. The molecule has 0 heterocycles. The summed E-state index contributed by atoms with van der Waals surface area (Å²) in [4.78, 5) is 51.3. The zero-order valence-corrected chi connectivity index (χ0v) is 30.6. The maximum Gasteiger partial charge on any atom is 0.305 e. The third-order valence-electron chi connectivity index (χ3n) is 8.74. The van der Waals surface area contributed by atoms with Crippen molar-refractivity contribution < 1.29 is 28.7 Å². The fourth-order valence-corrected chi connectivity index (χ4v) is 5.71. The van der Waals surface area contributed by atoms with E-state index in [-0.39, 0.29) is 23.8 Å². The molecule has 0 spiro atoms. The number of unbranched alkanes of at least 4 members (excludes halogenated alkanes) is 19. The molecule has 0 rings (SSSR count). The third kappa shape index (κ3) is 29.3. The van der Waals surface area contributed by atoms with Crippen LogP contribution in [0.2, 0.25) is 0 Å². The van der Waals surface area contributed by atoms with E-state index in [0.717, 1.165) is 77.3 Å². The Morgan fingerprint density at radius 3 is 0.891 bits per heavy atom. The normalized spacial score (nSPS) is 11.0. The number of carbonyl (C=O) groups excluding carboxylic acids is 4. The second-order valence-corrected chi connectivity index (χ2v) is 13.0. The molecular formula is C38H72N2O6. The van der Waals surface area contributed by atoms with Crippen LogP contribution in [-0.2, 0) is 28.7 Å². The summed E-state index contributed by atoms with van der Waals surface area (Å²) in [6, 6.07) is 0. The van der Waals surface area contributed by atoms with Crippen molar-refractivity contribution in [2.45, 2.75) is 181 Å². The molecule has 0 aromatic rings. The molecule has 46 heavy (non-hydrogen) atoms. The van der Waals surface area contributed by atoms with Crippen LogP contribution in [0.3, 0.4) is 0 Å². The van der Waals surface area contributed by atoms with Crippen LogP contribution < -0.4 is 0 Å². The number of hydrogen-bond donors (Lipinski definition) is 0. The van der Waals surface area contributed by atoms with Crippen molar-refractivity contribution in [3.63, 3.8) is 0 Å². The number of hydrogen-bond acceptors (Lipinski definition) is 6. The molecule has 8 heteroatoms. The van der Waals surface area contributed by atoms with Gasteiger partial charge in [-0.05, 0) is 52.4 Å². The van der Waals surface area contributed by atoms with Gasteiger partial charge in [-0.25, -0.2) is 0 Å². The SMILES string of the molecule is CCOC(=O)CCCCCCCCCCCN(C)C(=O)CCCCCCC(=O)N(C)CCCCCCCCCCCC(=O)OCC. The Bertz CT molecular complexity index is 697. The van der Waals surface area contributed by atoms with Gasteiger partial charge < -0.3 is 19.3 Å². The number of carbonyl (C=O) groups is 4. The first-order chi connectivity index (χ1) is 22.3. The standard InChI is InChI=1S/C38H72N2O6/c1-5-45-37(43)31-25-17-13-9-7-11-15-21-27-33-39(3)35(41)29-23-19-20-24-30-36(42)40(4)34-28-22-16-12-8-10-14-18-26-32-38(44)46-6-2/h5-34H2,1-4H3.